The SMILES string of the molecule is COc1ccc(-c2csc(N(CCc3ccccc3)C(=O)c3ccccc3F)n2)cc1. The number of aromatic nitrogens is 1. The van der Waals surface area contributed by atoms with Gasteiger partial charge >= 0.3 is 0 Å². The lowest BCUT2D eigenvalue weighted by molar-refractivity contribution is 0.0983. The van der Waals surface area contributed by atoms with Crippen molar-refractivity contribution in [3.8, 4) is 17.0 Å². The summed E-state index contributed by atoms with van der Waals surface area (Å²) in [6, 6.07) is 23.5. The normalized spacial score (nSPS) is 10.6. The number of anilines is 1. The zero-order chi connectivity index (χ0) is 21.6. The summed E-state index contributed by atoms with van der Waals surface area (Å²) in [5.41, 5.74) is 2.82. The van der Waals surface area contributed by atoms with Crippen molar-refractivity contribution in [2.24, 2.45) is 0 Å². The summed E-state index contributed by atoms with van der Waals surface area (Å²) in [5, 5.41) is 2.44. The molecule has 0 saturated heterocycles. The van der Waals surface area contributed by atoms with Gasteiger partial charge in [0.2, 0.25) is 0 Å². The number of hydrogen-bond acceptors (Lipinski definition) is 4. The molecule has 1 amide bonds. The molecule has 0 aliphatic carbocycles. The summed E-state index contributed by atoms with van der Waals surface area (Å²) in [5.74, 6) is -0.174. The molecular weight excluding hydrogens is 411 g/mol. The van der Waals surface area contributed by atoms with Gasteiger partial charge in [-0.15, -0.1) is 11.3 Å². The Morgan fingerprint density at radius 1 is 1.00 bits per heavy atom. The van der Waals surface area contributed by atoms with Crippen molar-refractivity contribution in [2.75, 3.05) is 18.6 Å². The van der Waals surface area contributed by atoms with Gasteiger partial charge in [0.15, 0.2) is 5.13 Å². The number of methoxy groups -OCH3 is 1. The Kier molecular flexibility index (Phi) is 6.38. The Labute approximate surface area is 184 Å². The van der Waals surface area contributed by atoms with E-state index >= 15 is 0 Å². The standard InChI is InChI=1S/C25H21FN2O2S/c1-30-20-13-11-19(12-14-20)23-17-31-25(27-23)28(16-15-18-7-3-2-4-8-18)24(29)21-9-5-6-10-22(21)26/h2-14,17H,15-16H2,1H3. The first kappa shape index (κ1) is 20.8. The molecule has 156 valence electrons. The van der Waals surface area contributed by atoms with Crippen LogP contribution in [0.3, 0.4) is 0 Å². The molecule has 0 radical (unpaired) electrons. The van der Waals surface area contributed by atoms with Crippen LogP contribution < -0.4 is 9.64 Å². The van der Waals surface area contributed by atoms with Crippen LogP contribution in [0, 0.1) is 5.82 Å². The summed E-state index contributed by atoms with van der Waals surface area (Å²) in [7, 11) is 1.62. The number of hydrogen-bond donors (Lipinski definition) is 0. The van der Waals surface area contributed by atoms with Gasteiger partial charge < -0.3 is 4.74 Å². The van der Waals surface area contributed by atoms with Gasteiger partial charge in [-0.2, -0.15) is 0 Å². The van der Waals surface area contributed by atoms with E-state index < -0.39 is 11.7 Å². The molecule has 3 aromatic carbocycles. The van der Waals surface area contributed by atoms with Crippen LogP contribution in [0.1, 0.15) is 15.9 Å². The van der Waals surface area contributed by atoms with Gasteiger partial charge in [0.25, 0.3) is 5.91 Å². The average molecular weight is 433 g/mol. The molecule has 0 unspecified atom stereocenters. The molecule has 4 aromatic rings. The van der Waals surface area contributed by atoms with Gasteiger partial charge in [0.05, 0.1) is 18.4 Å². The smallest absolute Gasteiger partial charge is 0.263 e. The topological polar surface area (TPSA) is 42.4 Å². The van der Waals surface area contributed by atoms with E-state index in [1.165, 1.54) is 23.5 Å². The molecular formula is C25H21FN2O2S. The minimum Gasteiger partial charge on any atom is -0.497 e. The van der Waals surface area contributed by atoms with E-state index in [2.05, 4.69) is 4.98 Å². The summed E-state index contributed by atoms with van der Waals surface area (Å²) in [4.78, 5) is 19.5. The fraction of sp³-hybridized carbons (Fsp3) is 0.120. The predicted octanol–water partition coefficient (Wildman–Crippen LogP) is 5.85. The molecule has 31 heavy (non-hydrogen) atoms. The molecule has 0 bridgehead atoms. The zero-order valence-corrected chi connectivity index (χ0v) is 17.8. The van der Waals surface area contributed by atoms with Gasteiger partial charge in [0.1, 0.15) is 11.6 Å². The van der Waals surface area contributed by atoms with Crippen LogP contribution in [-0.2, 0) is 6.42 Å². The monoisotopic (exact) mass is 432 g/mol. The summed E-state index contributed by atoms with van der Waals surface area (Å²) >= 11 is 1.37. The summed E-state index contributed by atoms with van der Waals surface area (Å²) in [6.45, 7) is 0.396. The molecule has 1 aromatic heterocycles. The van der Waals surface area contributed by atoms with Crippen LogP contribution in [0.2, 0.25) is 0 Å². The molecule has 0 aliphatic rings. The van der Waals surface area contributed by atoms with Gasteiger partial charge in [-0.05, 0) is 48.4 Å². The Hall–Kier alpha value is -3.51. The van der Waals surface area contributed by atoms with E-state index in [4.69, 9.17) is 4.74 Å². The fourth-order valence-electron chi connectivity index (χ4n) is 3.23. The van der Waals surface area contributed by atoms with Crippen LogP contribution in [0.4, 0.5) is 9.52 Å². The van der Waals surface area contributed by atoms with Crippen LogP contribution >= 0.6 is 11.3 Å². The van der Waals surface area contributed by atoms with Crippen LogP contribution in [0.5, 0.6) is 5.75 Å². The number of halogens is 1. The number of benzene rings is 3. The van der Waals surface area contributed by atoms with Crippen molar-refractivity contribution in [3.63, 3.8) is 0 Å². The van der Waals surface area contributed by atoms with Crippen molar-refractivity contribution >= 4 is 22.4 Å². The van der Waals surface area contributed by atoms with Gasteiger partial charge in [-0.1, -0.05) is 42.5 Å². The maximum atomic E-state index is 14.3. The molecule has 1 heterocycles. The fourth-order valence-corrected chi connectivity index (χ4v) is 4.09. The lowest BCUT2D eigenvalue weighted by Crippen LogP contribution is -2.33. The zero-order valence-electron chi connectivity index (χ0n) is 17.0. The van der Waals surface area contributed by atoms with Crippen molar-refractivity contribution < 1.29 is 13.9 Å². The number of carbonyl (C=O) groups excluding carboxylic acids is 1. The quantitative estimate of drug-likeness (QED) is 0.368. The number of rotatable bonds is 7. The maximum absolute atomic E-state index is 14.3. The first-order valence-electron chi connectivity index (χ1n) is 9.86. The largest absolute Gasteiger partial charge is 0.497 e. The molecule has 0 N–H and O–H groups in total. The van der Waals surface area contributed by atoms with Gasteiger partial charge in [0, 0.05) is 17.5 Å². The molecule has 0 atom stereocenters. The van der Waals surface area contributed by atoms with E-state index in [1.54, 1.807) is 24.1 Å². The molecule has 4 rings (SSSR count). The van der Waals surface area contributed by atoms with Crippen LogP contribution in [0.25, 0.3) is 11.3 Å². The van der Waals surface area contributed by atoms with Crippen LogP contribution in [-0.4, -0.2) is 24.5 Å². The lowest BCUT2D eigenvalue weighted by Gasteiger charge is -2.20. The average Bonchev–Trinajstić information content (AvgIpc) is 3.30. The van der Waals surface area contributed by atoms with E-state index in [9.17, 15) is 9.18 Å². The highest BCUT2D eigenvalue weighted by molar-refractivity contribution is 7.14. The molecule has 0 spiro atoms. The van der Waals surface area contributed by atoms with Crippen molar-refractivity contribution in [1.82, 2.24) is 4.98 Å². The number of nitrogens with zero attached hydrogens (tertiary/aromatic N) is 2. The Balaban J connectivity index is 1.64. The number of ether oxygens (including phenoxy) is 1. The van der Waals surface area contributed by atoms with E-state index in [0.717, 1.165) is 22.6 Å². The predicted molar refractivity (Wildman–Crippen MR) is 122 cm³/mol. The second-order valence-corrected chi connectivity index (χ2v) is 7.75. The minimum atomic E-state index is -0.538. The highest BCUT2D eigenvalue weighted by Gasteiger charge is 2.23. The van der Waals surface area contributed by atoms with Crippen molar-refractivity contribution in [3.05, 3.63) is 101 Å². The third-order valence-corrected chi connectivity index (χ3v) is 5.79. The minimum absolute atomic E-state index is 0.0387. The molecule has 0 saturated carbocycles. The van der Waals surface area contributed by atoms with E-state index in [-0.39, 0.29) is 5.56 Å². The molecule has 0 aliphatic heterocycles. The highest BCUT2D eigenvalue weighted by Crippen LogP contribution is 2.30. The Morgan fingerprint density at radius 3 is 2.42 bits per heavy atom. The Bertz CT molecular complexity index is 1160. The second-order valence-electron chi connectivity index (χ2n) is 6.92. The van der Waals surface area contributed by atoms with E-state index in [1.807, 2.05) is 60.0 Å². The third-order valence-electron chi connectivity index (χ3n) is 4.93. The van der Waals surface area contributed by atoms with Crippen molar-refractivity contribution in [1.29, 1.82) is 0 Å². The van der Waals surface area contributed by atoms with Gasteiger partial charge in [-0.3, -0.25) is 9.69 Å². The molecule has 4 nitrogen and oxygen atoms in total. The third kappa shape index (κ3) is 4.81. The summed E-state index contributed by atoms with van der Waals surface area (Å²) in [6.07, 6.45) is 0.637. The molecule has 0 fully saturated rings. The maximum Gasteiger partial charge on any atom is 0.263 e. The van der Waals surface area contributed by atoms with E-state index in [0.29, 0.717) is 18.1 Å². The Morgan fingerprint density at radius 2 is 1.71 bits per heavy atom. The summed E-state index contributed by atoms with van der Waals surface area (Å²) < 4.78 is 19.6. The lowest BCUT2D eigenvalue weighted by atomic mass is 10.1. The number of carbonyl (C=O) groups is 1. The van der Waals surface area contributed by atoms with Crippen molar-refractivity contribution in [2.45, 2.75) is 6.42 Å². The first-order chi connectivity index (χ1) is 15.2. The first-order valence-corrected chi connectivity index (χ1v) is 10.7. The molecule has 6 heteroatoms. The second kappa shape index (κ2) is 9.53. The highest BCUT2D eigenvalue weighted by atomic mass is 32.1. The van der Waals surface area contributed by atoms with Gasteiger partial charge in [-0.25, -0.2) is 9.37 Å². The van der Waals surface area contributed by atoms with Crippen LogP contribution in [0.15, 0.2) is 84.2 Å². The number of thiazole rings is 1. The number of amides is 1.